The average molecular weight is 431 g/mol. The molecule has 1 unspecified atom stereocenters. The van der Waals surface area contributed by atoms with E-state index in [1.165, 1.54) is 7.11 Å². The van der Waals surface area contributed by atoms with E-state index in [0.29, 0.717) is 23.5 Å². The number of hydrogen-bond donors (Lipinski definition) is 1. The van der Waals surface area contributed by atoms with Gasteiger partial charge in [0.2, 0.25) is 0 Å². The number of ketones is 1. The molecule has 0 radical (unpaired) electrons. The van der Waals surface area contributed by atoms with Crippen molar-refractivity contribution in [1.82, 2.24) is 5.32 Å². The molecule has 0 bridgehead atoms. The highest BCUT2D eigenvalue weighted by atomic mass is 16.6. The zero-order valence-electron chi connectivity index (χ0n) is 19.3. The maximum absolute atomic E-state index is 13.0. The molecule has 172 valence electrons. The summed E-state index contributed by atoms with van der Waals surface area (Å²) in [6.07, 6.45) is 8.72. The van der Waals surface area contributed by atoms with Crippen molar-refractivity contribution in [2.75, 3.05) is 20.2 Å². The standard InChI is InChI=1S/C25H38N2O4/c1-24-9-6-15(27-31-16-8-11-26-14-16)12-21(24)18(23(29)30-3)13-17-19-4-5-22(28)25(19,2)10-7-20(17)24/h16-21,26H,4-14H2,1-3H3/b27-15-/t16-,17+,18+,19+,20+,21?,24-,25+/m1/s1. The second kappa shape index (κ2) is 7.86. The molecule has 6 heteroatoms. The number of nitrogens with zero attached hydrogens (tertiary/aromatic N) is 1. The number of oxime groups is 1. The summed E-state index contributed by atoms with van der Waals surface area (Å²) in [4.78, 5) is 31.6. The Labute approximate surface area is 185 Å². The van der Waals surface area contributed by atoms with Gasteiger partial charge in [0.1, 0.15) is 11.9 Å². The third-order valence-corrected chi connectivity index (χ3v) is 10.1. The monoisotopic (exact) mass is 430 g/mol. The molecule has 5 rings (SSSR count). The van der Waals surface area contributed by atoms with Gasteiger partial charge in [-0.3, -0.25) is 9.59 Å². The molecule has 0 amide bonds. The zero-order valence-corrected chi connectivity index (χ0v) is 19.3. The number of Topliss-reactive ketones (excluding diaryl/α,β-unsaturated/α-hetero) is 1. The molecule has 31 heavy (non-hydrogen) atoms. The van der Waals surface area contributed by atoms with Crippen molar-refractivity contribution in [1.29, 1.82) is 0 Å². The van der Waals surface area contributed by atoms with Crippen LogP contribution in [0.2, 0.25) is 0 Å². The Bertz CT molecular complexity index is 775. The fraction of sp³-hybridized carbons (Fsp3) is 0.880. The summed E-state index contributed by atoms with van der Waals surface area (Å²) >= 11 is 0. The van der Waals surface area contributed by atoms with Crippen LogP contribution < -0.4 is 5.32 Å². The van der Waals surface area contributed by atoms with Crippen LogP contribution in [0.5, 0.6) is 0 Å². The first kappa shape index (κ1) is 21.4. The quantitative estimate of drug-likeness (QED) is 0.545. The summed E-state index contributed by atoms with van der Waals surface area (Å²) in [7, 11) is 1.52. The smallest absolute Gasteiger partial charge is 0.308 e. The van der Waals surface area contributed by atoms with Gasteiger partial charge in [0.15, 0.2) is 0 Å². The van der Waals surface area contributed by atoms with E-state index in [1.807, 2.05) is 0 Å². The number of nitrogens with one attached hydrogen (secondary N) is 1. The van der Waals surface area contributed by atoms with E-state index in [1.54, 1.807) is 0 Å². The fourth-order valence-electron chi connectivity index (χ4n) is 8.28. The van der Waals surface area contributed by atoms with Crippen LogP contribution in [-0.4, -0.2) is 43.8 Å². The Morgan fingerprint density at radius 1 is 1.10 bits per heavy atom. The summed E-state index contributed by atoms with van der Waals surface area (Å²) in [5, 5.41) is 7.88. The molecule has 1 heterocycles. The largest absolute Gasteiger partial charge is 0.469 e. The molecular formula is C25H38N2O4. The number of rotatable bonds is 3. The van der Waals surface area contributed by atoms with Crippen molar-refractivity contribution in [2.24, 2.45) is 45.6 Å². The first-order chi connectivity index (χ1) is 14.9. The molecule has 0 aromatic rings. The minimum atomic E-state index is -0.171. The molecule has 1 saturated heterocycles. The summed E-state index contributed by atoms with van der Waals surface area (Å²) < 4.78 is 5.31. The van der Waals surface area contributed by atoms with Gasteiger partial charge in [-0.05, 0) is 80.6 Å². The molecule has 4 aliphatic carbocycles. The molecule has 0 spiro atoms. The van der Waals surface area contributed by atoms with Crippen LogP contribution in [0.1, 0.15) is 71.6 Å². The van der Waals surface area contributed by atoms with Gasteiger partial charge in [0.05, 0.1) is 18.7 Å². The average Bonchev–Trinajstić information content (AvgIpc) is 3.39. The summed E-state index contributed by atoms with van der Waals surface area (Å²) in [5.41, 5.74) is 1.04. The first-order valence-corrected chi connectivity index (χ1v) is 12.4. The molecule has 1 aliphatic heterocycles. The minimum absolute atomic E-state index is 0.0755. The molecule has 8 atom stereocenters. The van der Waals surface area contributed by atoms with E-state index in [0.717, 1.165) is 76.6 Å². The predicted molar refractivity (Wildman–Crippen MR) is 117 cm³/mol. The molecule has 5 fully saturated rings. The lowest BCUT2D eigenvalue weighted by Crippen LogP contribution is -2.57. The highest BCUT2D eigenvalue weighted by molar-refractivity contribution is 5.88. The third-order valence-electron chi connectivity index (χ3n) is 10.1. The molecule has 0 aromatic carbocycles. The van der Waals surface area contributed by atoms with Crippen molar-refractivity contribution in [2.45, 2.75) is 77.7 Å². The van der Waals surface area contributed by atoms with E-state index >= 15 is 0 Å². The minimum Gasteiger partial charge on any atom is -0.469 e. The van der Waals surface area contributed by atoms with Gasteiger partial charge >= 0.3 is 5.97 Å². The van der Waals surface area contributed by atoms with Crippen LogP contribution in [-0.2, 0) is 19.2 Å². The van der Waals surface area contributed by atoms with Crippen molar-refractivity contribution < 1.29 is 19.2 Å². The third kappa shape index (κ3) is 3.35. The van der Waals surface area contributed by atoms with Crippen LogP contribution in [0.15, 0.2) is 5.16 Å². The van der Waals surface area contributed by atoms with Gasteiger partial charge in [0, 0.05) is 24.8 Å². The fourth-order valence-corrected chi connectivity index (χ4v) is 8.28. The van der Waals surface area contributed by atoms with Crippen LogP contribution in [0.25, 0.3) is 0 Å². The van der Waals surface area contributed by atoms with E-state index in [2.05, 4.69) is 24.3 Å². The number of fused-ring (bicyclic) bond motifs is 5. The molecule has 5 aliphatic rings. The molecular weight excluding hydrogens is 392 g/mol. The number of hydrogen-bond acceptors (Lipinski definition) is 6. The van der Waals surface area contributed by atoms with E-state index < -0.39 is 0 Å². The van der Waals surface area contributed by atoms with Crippen molar-refractivity contribution >= 4 is 17.5 Å². The van der Waals surface area contributed by atoms with Crippen LogP contribution in [0.3, 0.4) is 0 Å². The maximum atomic E-state index is 13.0. The molecule has 6 nitrogen and oxygen atoms in total. The summed E-state index contributed by atoms with van der Waals surface area (Å²) in [6, 6.07) is 0. The SMILES string of the molecule is COC(=O)[C@H]1C[C@@H]2[C@H](CC[C@]3(C)C(=O)CC[C@@H]23)[C@@]2(C)CC/C(=N/O[C@@H]3CCNC3)CC12. The summed E-state index contributed by atoms with van der Waals surface area (Å²) in [5.74, 6) is 1.99. The predicted octanol–water partition coefficient (Wildman–Crippen LogP) is 3.73. The number of methoxy groups -OCH3 is 1. The van der Waals surface area contributed by atoms with Gasteiger partial charge in [0.25, 0.3) is 0 Å². The van der Waals surface area contributed by atoms with E-state index in [-0.39, 0.29) is 34.7 Å². The van der Waals surface area contributed by atoms with E-state index in [4.69, 9.17) is 9.57 Å². The Morgan fingerprint density at radius 3 is 2.68 bits per heavy atom. The molecule has 4 saturated carbocycles. The molecule has 0 aromatic heterocycles. The topological polar surface area (TPSA) is 77.0 Å². The number of carbonyl (C=O) groups is 2. The Kier molecular flexibility index (Phi) is 5.43. The second-order valence-corrected chi connectivity index (χ2v) is 11.4. The summed E-state index contributed by atoms with van der Waals surface area (Å²) in [6.45, 7) is 6.48. The van der Waals surface area contributed by atoms with Gasteiger partial charge in [-0.2, -0.15) is 0 Å². The van der Waals surface area contributed by atoms with Crippen LogP contribution >= 0.6 is 0 Å². The van der Waals surface area contributed by atoms with Crippen molar-refractivity contribution in [3.63, 3.8) is 0 Å². The lowest BCUT2D eigenvalue weighted by Gasteiger charge is -2.61. The van der Waals surface area contributed by atoms with Gasteiger partial charge in [-0.25, -0.2) is 0 Å². The van der Waals surface area contributed by atoms with E-state index in [9.17, 15) is 9.59 Å². The highest BCUT2D eigenvalue weighted by Crippen LogP contribution is 2.66. The highest BCUT2D eigenvalue weighted by Gasteiger charge is 2.63. The Hall–Kier alpha value is -1.43. The number of esters is 1. The van der Waals surface area contributed by atoms with Gasteiger partial charge in [-0.1, -0.05) is 19.0 Å². The Morgan fingerprint density at radius 2 is 1.94 bits per heavy atom. The second-order valence-electron chi connectivity index (χ2n) is 11.4. The molecule has 1 N–H and O–H groups in total. The zero-order chi connectivity index (χ0) is 21.8. The Balaban J connectivity index is 1.41. The number of ether oxygens (including phenoxy) is 1. The normalized spacial score (nSPS) is 48.1. The van der Waals surface area contributed by atoms with Gasteiger partial charge in [-0.15, -0.1) is 0 Å². The van der Waals surface area contributed by atoms with Gasteiger partial charge < -0.3 is 14.9 Å². The number of carbonyl (C=O) groups excluding carboxylic acids is 2. The lowest BCUT2D eigenvalue weighted by molar-refractivity contribution is -0.167. The maximum Gasteiger partial charge on any atom is 0.308 e. The van der Waals surface area contributed by atoms with Crippen molar-refractivity contribution in [3.05, 3.63) is 0 Å². The first-order valence-electron chi connectivity index (χ1n) is 12.4. The van der Waals surface area contributed by atoms with Crippen molar-refractivity contribution in [3.8, 4) is 0 Å². The lowest BCUT2D eigenvalue weighted by atomic mass is 9.43. The van der Waals surface area contributed by atoms with Crippen LogP contribution in [0, 0.1) is 40.4 Å². The van der Waals surface area contributed by atoms with Crippen LogP contribution in [0.4, 0.5) is 0 Å².